The first-order valence-electron chi connectivity index (χ1n) is 18.4. The molecule has 6 rings (SSSR count). The smallest absolute Gasteiger partial charge is 0.408 e. The van der Waals surface area contributed by atoms with Gasteiger partial charge in [-0.25, -0.2) is 27.8 Å². The fourth-order valence-corrected chi connectivity index (χ4v) is 6.91. The number of esters is 1. The number of amides is 3. The molecule has 0 spiro atoms. The van der Waals surface area contributed by atoms with Crippen molar-refractivity contribution in [3.05, 3.63) is 94.8 Å². The molecule has 3 aromatic carbocycles. The van der Waals surface area contributed by atoms with Crippen LogP contribution in [0, 0.1) is 25.5 Å². The zero-order chi connectivity index (χ0) is 41.2. The van der Waals surface area contributed by atoms with Gasteiger partial charge < -0.3 is 29.7 Å². The van der Waals surface area contributed by atoms with Gasteiger partial charge in [0.25, 0.3) is 0 Å². The van der Waals surface area contributed by atoms with Gasteiger partial charge >= 0.3 is 18.1 Å². The molecule has 3 atom stereocenters. The molecule has 1 aromatic heterocycles. The molecule has 57 heavy (non-hydrogen) atoms. The second-order valence-electron chi connectivity index (χ2n) is 15.3. The molecule has 18 heteroatoms. The molecule has 0 radical (unpaired) electrons. The predicted molar refractivity (Wildman–Crippen MR) is 204 cm³/mol. The van der Waals surface area contributed by atoms with Gasteiger partial charge in [0.2, 0.25) is 0 Å². The van der Waals surface area contributed by atoms with Crippen LogP contribution in [-0.4, -0.2) is 109 Å². The third kappa shape index (κ3) is 9.12. The Morgan fingerprint density at radius 2 is 1.67 bits per heavy atom. The standard InChI is InChI=1S/C39H46F2N10O6/c1-24-16-28(17-25(2)34(24)56-35(52)26(3)44-36(53)57-38(5,6)7)19-47-22-43-48(23-47)20-39(55,32-13-8-29(40)18-33(32)41)27(4)49-14-15-50(37(49)54)30-9-11-31(12-10-30)51-21-42-45-46-51/h8-13,16-18,21-22,26-27,55H,14-15,19-20,23H2,1-7H3,(H,44,53)/t26-,27+,39+/m0/s1. The summed E-state index contributed by atoms with van der Waals surface area (Å²) in [6.07, 6.45) is 2.32. The molecule has 0 bridgehead atoms. The van der Waals surface area contributed by atoms with Crippen molar-refractivity contribution in [1.82, 2.24) is 40.3 Å². The highest BCUT2D eigenvalue weighted by molar-refractivity contribution is 5.94. The third-order valence-electron chi connectivity index (χ3n) is 9.71. The Balaban J connectivity index is 1.13. The number of tetrazole rings is 1. The number of hydrazone groups is 1. The second kappa shape index (κ2) is 16.1. The maximum absolute atomic E-state index is 15.5. The highest BCUT2D eigenvalue weighted by atomic mass is 19.1. The van der Waals surface area contributed by atoms with Crippen molar-refractivity contribution < 1.29 is 37.7 Å². The highest BCUT2D eigenvalue weighted by Gasteiger charge is 2.47. The number of halogens is 2. The normalized spacial score (nSPS) is 16.5. The Kier molecular flexibility index (Phi) is 11.5. The van der Waals surface area contributed by atoms with Gasteiger partial charge in [-0.3, -0.25) is 9.91 Å². The van der Waals surface area contributed by atoms with E-state index in [0.29, 0.717) is 47.4 Å². The summed E-state index contributed by atoms with van der Waals surface area (Å²) in [5, 5.41) is 32.1. The van der Waals surface area contributed by atoms with E-state index in [1.807, 2.05) is 17.0 Å². The summed E-state index contributed by atoms with van der Waals surface area (Å²) in [5.74, 6) is -2.04. The van der Waals surface area contributed by atoms with Crippen molar-refractivity contribution in [2.24, 2.45) is 5.10 Å². The van der Waals surface area contributed by atoms with Crippen molar-refractivity contribution in [3.8, 4) is 11.4 Å². The van der Waals surface area contributed by atoms with Gasteiger partial charge in [-0.1, -0.05) is 18.2 Å². The van der Waals surface area contributed by atoms with E-state index in [1.165, 1.54) is 28.9 Å². The summed E-state index contributed by atoms with van der Waals surface area (Å²) in [4.78, 5) is 43.8. The number of β-amino-alcohol motifs (C(OH)–C–C–N with tert-alkyl or cyclic N) is 1. The van der Waals surface area contributed by atoms with Crippen molar-refractivity contribution >= 4 is 30.1 Å². The Morgan fingerprint density at radius 1 is 0.982 bits per heavy atom. The van der Waals surface area contributed by atoms with Gasteiger partial charge in [-0.2, -0.15) is 5.10 Å². The molecule has 0 aliphatic carbocycles. The fourth-order valence-electron chi connectivity index (χ4n) is 6.91. The van der Waals surface area contributed by atoms with Crippen molar-refractivity contribution in [2.75, 3.05) is 31.2 Å². The van der Waals surface area contributed by atoms with Crippen LogP contribution in [0.2, 0.25) is 0 Å². The Bertz CT molecular complexity index is 2120. The average molecular weight is 789 g/mol. The molecular formula is C39H46F2N10O6. The van der Waals surface area contributed by atoms with Gasteiger partial charge in [0.05, 0.1) is 18.3 Å². The van der Waals surface area contributed by atoms with E-state index >= 15 is 4.39 Å². The fraction of sp³-hybridized carbons (Fsp3) is 0.410. The van der Waals surface area contributed by atoms with Gasteiger partial charge in [0.15, 0.2) is 0 Å². The summed E-state index contributed by atoms with van der Waals surface area (Å²) >= 11 is 0. The Labute approximate surface area is 328 Å². The number of aromatic nitrogens is 4. The van der Waals surface area contributed by atoms with Gasteiger partial charge in [0, 0.05) is 37.0 Å². The molecule has 3 heterocycles. The summed E-state index contributed by atoms with van der Waals surface area (Å²) in [6, 6.07) is 11.5. The number of carbonyl (C=O) groups excluding carboxylic acids is 3. The number of carbonyl (C=O) groups is 3. The first-order chi connectivity index (χ1) is 26.9. The van der Waals surface area contributed by atoms with E-state index in [-0.39, 0.29) is 25.3 Å². The zero-order valence-corrected chi connectivity index (χ0v) is 32.8. The molecule has 4 aromatic rings. The summed E-state index contributed by atoms with van der Waals surface area (Å²) in [6.45, 7) is 12.8. The van der Waals surface area contributed by atoms with Crippen LogP contribution in [-0.2, 0) is 21.7 Å². The lowest BCUT2D eigenvalue weighted by molar-refractivity contribution is -0.136. The number of anilines is 1. The van der Waals surface area contributed by atoms with E-state index in [1.54, 1.807) is 82.1 Å². The molecule has 3 amide bonds. The molecule has 1 fully saturated rings. The summed E-state index contributed by atoms with van der Waals surface area (Å²) in [7, 11) is 0. The van der Waals surface area contributed by atoms with Crippen LogP contribution in [0.4, 0.5) is 24.1 Å². The van der Waals surface area contributed by atoms with Crippen LogP contribution < -0.4 is 15.0 Å². The lowest BCUT2D eigenvalue weighted by Crippen LogP contribution is -2.55. The molecule has 0 unspecified atom stereocenters. The lowest BCUT2D eigenvalue weighted by atomic mass is 9.85. The highest BCUT2D eigenvalue weighted by Crippen LogP contribution is 2.35. The largest absolute Gasteiger partial charge is 0.444 e. The number of urea groups is 1. The van der Waals surface area contributed by atoms with Crippen molar-refractivity contribution in [2.45, 2.75) is 78.3 Å². The number of nitrogens with one attached hydrogen (secondary N) is 1. The van der Waals surface area contributed by atoms with Crippen molar-refractivity contribution in [1.29, 1.82) is 0 Å². The molecule has 2 aliphatic heterocycles. The number of aryl methyl sites for hydroxylation is 2. The summed E-state index contributed by atoms with van der Waals surface area (Å²) in [5.41, 5.74) is 0.662. The molecular weight excluding hydrogens is 742 g/mol. The number of nitrogens with zero attached hydrogens (tertiary/aromatic N) is 9. The number of rotatable bonds is 12. The monoisotopic (exact) mass is 788 g/mol. The number of ether oxygens (including phenoxy) is 2. The van der Waals surface area contributed by atoms with Gasteiger partial charge in [-0.05, 0) is 106 Å². The molecule has 2 aliphatic rings. The predicted octanol–water partition coefficient (Wildman–Crippen LogP) is 4.61. The maximum Gasteiger partial charge on any atom is 0.408 e. The first-order valence-corrected chi connectivity index (χ1v) is 18.4. The van der Waals surface area contributed by atoms with E-state index in [2.05, 4.69) is 25.9 Å². The number of alkyl carbamates (subject to hydrolysis) is 1. The minimum Gasteiger partial charge on any atom is -0.444 e. The van der Waals surface area contributed by atoms with Crippen molar-refractivity contribution in [3.63, 3.8) is 0 Å². The minimum atomic E-state index is -2.02. The van der Waals surface area contributed by atoms with Gasteiger partial charge in [0.1, 0.15) is 54.0 Å². The molecule has 0 saturated carbocycles. The van der Waals surface area contributed by atoms with E-state index in [0.717, 1.165) is 11.6 Å². The SMILES string of the molecule is Cc1cc(CN2C=NN(C[C@](O)(c3ccc(F)cc3F)[C@@H](C)N3CCN(c4ccc(-n5cnnn5)cc4)C3=O)C2)cc(C)c1OC(=O)[C@H](C)NC(=O)OC(C)(C)C. The zero-order valence-electron chi connectivity index (χ0n) is 32.8. The van der Waals surface area contributed by atoms with Crippen LogP contribution in [0.15, 0.2) is 66.0 Å². The number of aliphatic hydroxyl groups is 1. The second-order valence-corrected chi connectivity index (χ2v) is 15.3. The maximum atomic E-state index is 15.5. The van der Waals surface area contributed by atoms with Crippen LogP contribution >= 0.6 is 0 Å². The van der Waals surface area contributed by atoms with Gasteiger partial charge in [-0.15, -0.1) is 5.10 Å². The van der Waals surface area contributed by atoms with E-state index in [4.69, 9.17) is 9.47 Å². The van der Waals surface area contributed by atoms with Crippen LogP contribution in [0.5, 0.6) is 5.75 Å². The molecule has 2 N–H and O–H groups in total. The Morgan fingerprint density at radius 3 is 2.30 bits per heavy atom. The quantitative estimate of drug-likeness (QED) is 0.152. The van der Waals surface area contributed by atoms with Crippen LogP contribution in [0.25, 0.3) is 5.69 Å². The average Bonchev–Trinajstić information content (AvgIpc) is 3.91. The first kappa shape index (κ1) is 40.5. The molecule has 16 nitrogen and oxygen atoms in total. The Hall–Kier alpha value is -6.17. The summed E-state index contributed by atoms with van der Waals surface area (Å²) < 4.78 is 42.0. The molecule has 1 saturated heterocycles. The minimum absolute atomic E-state index is 0.172. The lowest BCUT2D eigenvalue weighted by Gasteiger charge is -2.41. The number of hydrogen-bond acceptors (Lipinski definition) is 12. The topological polar surface area (TPSA) is 171 Å². The van der Waals surface area contributed by atoms with Crippen LogP contribution in [0.1, 0.15) is 56.9 Å². The number of benzene rings is 3. The molecule has 302 valence electrons. The number of hydrogen-bond donors (Lipinski definition) is 2. The van der Waals surface area contributed by atoms with E-state index in [9.17, 15) is 23.9 Å². The third-order valence-corrected chi connectivity index (χ3v) is 9.71. The van der Waals surface area contributed by atoms with E-state index < -0.39 is 53.0 Å². The van der Waals surface area contributed by atoms with Crippen LogP contribution in [0.3, 0.4) is 0 Å².